The zero-order valence-electron chi connectivity index (χ0n) is 15.7. The highest BCUT2D eigenvalue weighted by atomic mass is 35.5. The Balaban J connectivity index is 1.61. The molecule has 0 amide bonds. The van der Waals surface area contributed by atoms with E-state index in [0.29, 0.717) is 29.4 Å². The molecule has 154 valence electrons. The second kappa shape index (κ2) is 6.65. The summed E-state index contributed by atoms with van der Waals surface area (Å²) < 4.78 is 43.9. The molecule has 1 aromatic carbocycles. The average molecular weight is 449 g/mol. The fourth-order valence-corrected chi connectivity index (χ4v) is 6.15. The van der Waals surface area contributed by atoms with Gasteiger partial charge in [0.1, 0.15) is 23.2 Å². The lowest BCUT2D eigenvalue weighted by Gasteiger charge is -2.14. The molecule has 3 heterocycles. The third-order valence-corrected chi connectivity index (χ3v) is 7.61. The largest absolute Gasteiger partial charge is 0.276 e. The Hall–Kier alpha value is -2.19. The quantitative estimate of drug-likeness (QED) is 0.543. The molecule has 4 nitrogen and oxygen atoms in total. The lowest BCUT2D eigenvalue weighted by atomic mass is 9.97. The number of thiophene rings is 1. The molecule has 1 saturated carbocycles. The standard InChI is InChI=1S/C21H16ClF3N4S/c22-12-2-1-3-13(23)17(12)18-16-11-6-10(19(24)25)7-14(11)30-21(16)29-15(8-26-18)27-28-20(29)9-4-5-9/h1-3,9-10,19H,4-8H2/t10-/m1/s1. The number of hydrogen-bond acceptors (Lipinski definition) is 4. The van der Waals surface area contributed by atoms with E-state index in [1.165, 1.54) is 17.4 Å². The molecule has 30 heavy (non-hydrogen) atoms. The van der Waals surface area contributed by atoms with Gasteiger partial charge in [-0.05, 0) is 43.4 Å². The molecule has 0 radical (unpaired) electrons. The van der Waals surface area contributed by atoms with Crippen molar-refractivity contribution < 1.29 is 13.2 Å². The molecule has 0 N–H and O–H groups in total. The van der Waals surface area contributed by atoms with Crippen LogP contribution in [0.1, 0.15) is 52.0 Å². The third kappa shape index (κ3) is 2.69. The summed E-state index contributed by atoms with van der Waals surface area (Å²) in [6, 6.07) is 4.51. The molecule has 2 aromatic heterocycles. The van der Waals surface area contributed by atoms with E-state index in [2.05, 4.69) is 10.2 Å². The van der Waals surface area contributed by atoms with E-state index in [0.717, 1.165) is 34.1 Å². The number of aromatic nitrogens is 3. The zero-order chi connectivity index (χ0) is 20.6. The summed E-state index contributed by atoms with van der Waals surface area (Å²) in [5, 5.41) is 9.84. The maximum Gasteiger partial charge on any atom is 0.242 e. The molecule has 9 heteroatoms. The van der Waals surface area contributed by atoms with Gasteiger partial charge in [-0.25, -0.2) is 13.2 Å². The number of aliphatic imine (C=N–C) groups is 1. The number of rotatable bonds is 3. The van der Waals surface area contributed by atoms with Crippen LogP contribution in [0.2, 0.25) is 5.02 Å². The van der Waals surface area contributed by atoms with E-state index in [9.17, 15) is 13.2 Å². The van der Waals surface area contributed by atoms with Crippen molar-refractivity contribution in [1.82, 2.24) is 14.8 Å². The molecule has 0 saturated heterocycles. The molecule has 3 aromatic rings. The number of fused-ring (bicyclic) bond motifs is 5. The summed E-state index contributed by atoms with van der Waals surface area (Å²) in [7, 11) is 0. The smallest absolute Gasteiger partial charge is 0.242 e. The third-order valence-electron chi connectivity index (χ3n) is 6.06. The molecule has 1 atom stereocenters. The predicted molar refractivity (Wildman–Crippen MR) is 109 cm³/mol. The molecule has 0 bridgehead atoms. The van der Waals surface area contributed by atoms with Crippen LogP contribution in [0, 0.1) is 11.7 Å². The molecule has 1 aliphatic heterocycles. The monoisotopic (exact) mass is 448 g/mol. The minimum atomic E-state index is -2.39. The average Bonchev–Trinajstić information content (AvgIpc) is 3.23. The van der Waals surface area contributed by atoms with E-state index in [1.807, 2.05) is 4.57 Å². The van der Waals surface area contributed by atoms with Gasteiger partial charge in [0.05, 0.1) is 16.3 Å². The highest BCUT2D eigenvalue weighted by molar-refractivity contribution is 7.15. The van der Waals surface area contributed by atoms with Crippen molar-refractivity contribution in [3.8, 4) is 5.00 Å². The minimum Gasteiger partial charge on any atom is -0.276 e. The summed E-state index contributed by atoms with van der Waals surface area (Å²) in [5.41, 5.74) is 2.19. The van der Waals surface area contributed by atoms with Crippen LogP contribution in [0.25, 0.3) is 5.00 Å². The molecular weight excluding hydrogens is 433 g/mol. The molecule has 2 aliphatic carbocycles. The Kier molecular flexibility index (Phi) is 4.12. The van der Waals surface area contributed by atoms with Crippen molar-refractivity contribution in [3.63, 3.8) is 0 Å². The number of alkyl halides is 2. The van der Waals surface area contributed by atoms with Crippen molar-refractivity contribution in [2.24, 2.45) is 10.9 Å². The number of nitrogens with zero attached hydrogens (tertiary/aromatic N) is 4. The zero-order valence-corrected chi connectivity index (χ0v) is 17.3. The lowest BCUT2D eigenvalue weighted by molar-refractivity contribution is 0.0826. The second-order valence-electron chi connectivity index (χ2n) is 8.03. The Morgan fingerprint density at radius 3 is 2.70 bits per heavy atom. The van der Waals surface area contributed by atoms with Crippen molar-refractivity contribution in [2.45, 2.75) is 44.6 Å². The van der Waals surface area contributed by atoms with Gasteiger partial charge in [-0.2, -0.15) is 0 Å². The Morgan fingerprint density at radius 1 is 1.13 bits per heavy atom. The number of hydrogen-bond donors (Lipinski definition) is 0. The minimum absolute atomic E-state index is 0.216. The van der Waals surface area contributed by atoms with Gasteiger partial charge in [-0.3, -0.25) is 9.56 Å². The van der Waals surface area contributed by atoms with Crippen molar-refractivity contribution >= 4 is 28.6 Å². The first-order valence-electron chi connectivity index (χ1n) is 9.89. The van der Waals surface area contributed by atoms with Crippen LogP contribution in [0.4, 0.5) is 13.2 Å². The van der Waals surface area contributed by atoms with Crippen LogP contribution in [-0.2, 0) is 19.4 Å². The summed E-state index contributed by atoms with van der Waals surface area (Å²) in [6.45, 7) is 0.230. The Bertz CT molecular complexity index is 1190. The van der Waals surface area contributed by atoms with E-state index in [-0.39, 0.29) is 23.6 Å². The number of halogens is 4. The first-order chi connectivity index (χ1) is 14.5. The van der Waals surface area contributed by atoms with E-state index < -0.39 is 18.2 Å². The number of benzene rings is 1. The highest BCUT2D eigenvalue weighted by Crippen LogP contribution is 2.47. The normalized spacial score (nSPS) is 20.0. The van der Waals surface area contributed by atoms with Gasteiger partial charge in [0.25, 0.3) is 0 Å². The maximum absolute atomic E-state index is 14.9. The van der Waals surface area contributed by atoms with Gasteiger partial charge in [-0.15, -0.1) is 21.5 Å². The maximum atomic E-state index is 14.9. The molecule has 0 spiro atoms. The van der Waals surface area contributed by atoms with Gasteiger partial charge < -0.3 is 0 Å². The van der Waals surface area contributed by atoms with Gasteiger partial charge in [0.2, 0.25) is 6.43 Å². The highest BCUT2D eigenvalue weighted by Gasteiger charge is 2.39. The van der Waals surface area contributed by atoms with E-state index >= 15 is 0 Å². The predicted octanol–water partition coefficient (Wildman–Crippen LogP) is 5.33. The fraction of sp³-hybridized carbons (Fsp3) is 0.381. The Labute approximate surface area is 179 Å². The van der Waals surface area contributed by atoms with Crippen LogP contribution in [0.5, 0.6) is 0 Å². The van der Waals surface area contributed by atoms with Gasteiger partial charge >= 0.3 is 0 Å². The topological polar surface area (TPSA) is 43.1 Å². The summed E-state index contributed by atoms with van der Waals surface area (Å²) in [5.74, 6) is 0.720. The first kappa shape index (κ1) is 18.6. The SMILES string of the molecule is Fc1cccc(Cl)c1C1=NCc2nnc(C3CC3)n2-c2sc3c(c21)C[C@@H](C(F)F)C3. The summed E-state index contributed by atoms with van der Waals surface area (Å²) in [6.07, 6.45) is 0.285. The molecular formula is C21H16ClF3N4S. The van der Waals surface area contributed by atoms with Crippen molar-refractivity contribution in [2.75, 3.05) is 0 Å². The van der Waals surface area contributed by atoms with Crippen molar-refractivity contribution in [1.29, 1.82) is 0 Å². The van der Waals surface area contributed by atoms with E-state index in [4.69, 9.17) is 16.6 Å². The lowest BCUT2D eigenvalue weighted by Crippen LogP contribution is -2.14. The van der Waals surface area contributed by atoms with Gasteiger partial charge in [0, 0.05) is 22.3 Å². The van der Waals surface area contributed by atoms with Crippen molar-refractivity contribution in [3.05, 3.63) is 62.3 Å². The van der Waals surface area contributed by atoms with Crippen LogP contribution >= 0.6 is 22.9 Å². The van der Waals surface area contributed by atoms with Crippen LogP contribution in [0.15, 0.2) is 23.2 Å². The van der Waals surface area contributed by atoms with Gasteiger partial charge in [-0.1, -0.05) is 17.7 Å². The molecule has 0 unspecified atom stereocenters. The molecule has 3 aliphatic rings. The van der Waals surface area contributed by atoms with Gasteiger partial charge in [0.15, 0.2) is 5.82 Å². The van der Waals surface area contributed by atoms with Crippen LogP contribution in [0.3, 0.4) is 0 Å². The second-order valence-corrected chi connectivity index (χ2v) is 9.52. The Morgan fingerprint density at radius 2 is 1.97 bits per heavy atom. The molecule has 1 fully saturated rings. The van der Waals surface area contributed by atoms with Crippen LogP contribution < -0.4 is 0 Å². The summed E-state index contributed by atoms with van der Waals surface area (Å²) >= 11 is 7.86. The molecule has 6 rings (SSSR count). The fourth-order valence-electron chi connectivity index (χ4n) is 4.45. The first-order valence-corrected chi connectivity index (χ1v) is 11.1. The summed E-state index contributed by atoms with van der Waals surface area (Å²) in [4.78, 5) is 5.61. The van der Waals surface area contributed by atoms with E-state index in [1.54, 1.807) is 12.1 Å². The van der Waals surface area contributed by atoms with Crippen LogP contribution in [-0.4, -0.2) is 26.9 Å².